The molecule has 4 rings (SSSR count). The molecule has 3 fully saturated rings. The van der Waals surface area contributed by atoms with E-state index in [4.69, 9.17) is 0 Å². The SMILES string of the molecule is O=C(NCC1CC1)[C@@H]1CSCN1C(=O)[C@@H]1C[C@H]1c1ccccc1. The van der Waals surface area contributed by atoms with Gasteiger partial charge < -0.3 is 10.2 Å². The zero-order valence-electron chi connectivity index (χ0n) is 13.1. The topological polar surface area (TPSA) is 49.4 Å². The molecule has 4 nitrogen and oxygen atoms in total. The fourth-order valence-electron chi connectivity index (χ4n) is 3.31. The summed E-state index contributed by atoms with van der Waals surface area (Å²) in [6.07, 6.45) is 3.37. The molecule has 0 unspecified atom stereocenters. The van der Waals surface area contributed by atoms with Crippen LogP contribution in [0.1, 0.15) is 30.7 Å². The van der Waals surface area contributed by atoms with Crippen molar-refractivity contribution in [1.82, 2.24) is 10.2 Å². The number of nitrogens with one attached hydrogen (secondary N) is 1. The van der Waals surface area contributed by atoms with Gasteiger partial charge in [-0.3, -0.25) is 9.59 Å². The number of hydrogen-bond donors (Lipinski definition) is 1. The Kier molecular flexibility index (Phi) is 4.05. The van der Waals surface area contributed by atoms with Gasteiger partial charge in [0.05, 0.1) is 5.88 Å². The van der Waals surface area contributed by atoms with Crippen LogP contribution in [0.5, 0.6) is 0 Å². The van der Waals surface area contributed by atoms with Gasteiger partial charge in [0.15, 0.2) is 0 Å². The summed E-state index contributed by atoms with van der Waals surface area (Å²) in [4.78, 5) is 27.0. The van der Waals surface area contributed by atoms with Crippen molar-refractivity contribution in [3.63, 3.8) is 0 Å². The second kappa shape index (κ2) is 6.19. The van der Waals surface area contributed by atoms with Crippen LogP contribution < -0.4 is 5.32 Å². The number of rotatable bonds is 5. The fourth-order valence-corrected chi connectivity index (χ4v) is 4.48. The molecule has 5 heteroatoms. The van der Waals surface area contributed by atoms with E-state index in [1.807, 2.05) is 18.2 Å². The van der Waals surface area contributed by atoms with Gasteiger partial charge in [-0.15, -0.1) is 11.8 Å². The van der Waals surface area contributed by atoms with E-state index in [2.05, 4.69) is 17.4 Å². The van der Waals surface area contributed by atoms with Crippen molar-refractivity contribution in [1.29, 1.82) is 0 Å². The van der Waals surface area contributed by atoms with Gasteiger partial charge in [-0.05, 0) is 36.7 Å². The molecule has 122 valence electrons. The first-order valence-electron chi connectivity index (χ1n) is 8.45. The lowest BCUT2D eigenvalue weighted by molar-refractivity contribution is -0.139. The van der Waals surface area contributed by atoms with Crippen LogP contribution in [0.3, 0.4) is 0 Å². The minimum atomic E-state index is -0.275. The van der Waals surface area contributed by atoms with Crippen LogP contribution in [0.25, 0.3) is 0 Å². The van der Waals surface area contributed by atoms with Crippen LogP contribution in [0.4, 0.5) is 0 Å². The van der Waals surface area contributed by atoms with Crippen LogP contribution in [-0.4, -0.2) is 40.9 Å². The molecule has 1 heterocycles. The molecular weight excluding hydrogens is 308 g/mol. The zero-order chi connectivity index (χ0) is 15.8. The third-order valence-electron chi connectivity index (χ3n) is 5.07. The summed E-state index contributed by atoms with van der Waals surface area (Å²) in [6, 6.07) is 9.96. The van der Waals surface area contributed by atoms with E-state index in [0.29, 0.717) is 17.7 Å². The number of benzene rings is 1. The average molecular weight is 330 g/mol. The minimum Gasteiger partial charge on any atom is -0.354 e. The van der Waals surface area contributed by atoms with Gasteiger partial charge in [-0.1, -0.05) is 30.3 Å². The molecule has 0 spiro atoms. The van der Waals surface area contributed by atoms with Crippen LogP contribution >= 0.6 is 11.8 Å². The highest BCUT2D eigenvalue weighted by atomic mass is 32.2. The highest BCUT2D eigenvalue weighted by Gasteiger charge is 2.48. The standard InChI is InChI=1S/C18H22N2O2S/c21-17(19-9-12-6-7-12)16-10-23-11-20(16)18(22)15-8-14(15)13-4-2-1-3-5-13/h1-5,12,14-16H,6-11H2,(H,19,21)/t14-,15+,16-/m0/s1. The first-order chi connectivity index (χ1) is 11.2. The van der Waals surface area contributed by atoms with E-state index in [9.17, 15) is 9.59 Å². The predicted octanol–water partition coefficient (Wildman–Crippen LogP) is 2.22. The molecule has 1 aromatic rings. The number of carbonyl (C=O) groups is 2. The van der Waals surface area contributed by atoms with E-state index in [1.54, 1.807) is 16.7 Å². The summed E-state index contributed by atoms with van der Waals surface area (Å²) in [5.41, 5.74) is 1.24. The molecule has 3 aliphatic rings. The summed E-state index contributed by atoms with van der Waals surface area (Å²) >= 11 is 1.68. The third kappa shape index (κ3) is 3.25. The maximum Gasteiger partial charge on any atom is 0.243 e. The Labute approximate surface area is 141 Å². The lowest BCUT2D eigenvalue weighted by Gasteiger charge is -2.23. The molecule has 1 saturated heterocycles. The summed E-state index contributed by atoms with van der Waals surface area (Å²) in [6.45, 7) is 0.776. The Balaban J connectivity index is 1.36. The highest BCUT2D eigenvalue weighted by Crippen LogP contribution is 2.49. The lowest BCUT2D eigenvalue weighted by Crippen LogP contribution is -2.48. The second-order valence-electron chi connectivity index (χ2n) is 6.87. The fraction of sp³-hybridized carbons (Fsp3) is 0.556. The minimum absolute atomic E-state index is 0.0344. The largest absolute Gasteiger partial charge is 0.354 e. The number of hydrogen-bond acceptors (Lipinski definition) is 3. The highest BCUT2D eigenvalue weighted by molar-refractivity contribution is 7.99. The zero-order valence-corrected chi connectivity index (χ0v) is 13.9. The van der Waals surface area contributed by atoms with Crippen LogP contribution in [-0.2, 0) is 9.59 Å². The van der Waals surface area contributed by atoms with E-state index < -0.39 is 0 Å². The Morgan fingerprint density at radius 3 is 2.74 bits per heavy atom. The molecule has 1 aliphatic heterocycles. The van der Waals surface area contributed by atoms with Gasteiger partial charge in [0.1, 0.15) is 6.04 Å². The molecule has 0 radical (unpaired) electrons. The Morgan fingerprint density at radius 1 is 1.22 bits per heavy atom. The molecule has 1 N–H and O–H groups in total. The van der Waals surface area contributed by atoms with Crippen molar-refractivity contribution in [2.45, 2.75) is 31.2 Å². The summed E-state index contributed by atoms with van der Waals surface area (Å²) in [5, 5.41) is 3.03. The van der Waals surface area contributed by atoms with E-state index in [0.717, 1.165) is 18.7 Å². The smallest absolute Gasteiger partial charge is 0.243 e. The lowest BCUT2D eigenvalue weighted by atomic mass is 10.1. The van der Waals surface area contributed by atoms with Crippen molar-refractivity contribution in [3.8, 4) is 0 Å². The first-order valence-corrected chi connectivity index (χ1v) is 9.60. The number of nitrogens with zero attached hydrogens (tertiary/aromatic N) is 1. The van der Waals surface area contributed by atoms with Gasteiger partial charge in [0, 0.05) is 18.2 Å². The van der Waals surface area contributed by atoms with Crippen LogP contribution in [0, 0.1) is 11.8 Å². The third-order valence-corrected chi connectivity index (χ3v) is 6.08. The van der Waals surface area contributed by atoms with Crippen molar-refractivity contribution in [3.05, 3.63) is 35.9 Å². The molecule has 0 aromatic heterocycles. The van der Waals surface area contributed by atoms with Gasteiger partial charge in [0.25, 0.3) is 0 Å². The van der Waals surface area contributed by atoms with Gasteiger partial charge >= 0.3 is 0 Å². The van der Waals surface area contributed by atoms with Gasteiger partial charge in [0.2, 0.25) is 11.8 Å². The Morgan fingerprint density at radius 2 is 2.00 bits per heavy atom. The summed E-state index contributed by atoms with van der Waals surface area (Å²) in [5.74, 6) is 2.65. The molecule has 23 heavy (non-hydrogen) atoms. The summed E-state index contributed by atoms with van der Waals surface area (Å²) in [7, 11) is 0. The second-order valence-corrected chi connectivity index (χ2v) is 7.87. The van der Waals surface area contributed by atoms with Crippen LogP contribution in [0.2, 0.25) is 0 Å². The van der Waals surface area contributed by atoms with Crippen molar-refractivity contribution in [2.24, 2.45) is 11.8 Å². The number of carbonyl (C=O) groups excluding carboxylic acids is 2. The number of thioether (sulfide) groups is 1. The van der Waals surface area contributed by atoms with Crippen molar-refractivity contribution in [2.75, 3.05) is 18.2 Å². The maximum absolute atomic E-state index is 12.8. The van der Waals surface area contributed by atoms with Crippen molar-refractivity contribution >= 4 is 23.6 Å². The van der Waals surface area contributed by atoms with Crippen molar-refractivity contribution < 1.29 is 9.59 Å². The van der Waals surface area contributed by atoms with E-state index in [-0.39, 0.29) is 23.8 Å². The Bertz CT molecular complexity index is 602. The molecule has 2 aliphatic carbocycles. The molecule has 1 aromatic carbocycles. The monoisotopic (exact) mass is 330 g/mol. The van der Waals surface area contributed by atoms with Gasteiger partial charge in [-0.25, -0.2) is 0 Å². The maximum atomic E-state index is 12.8. The average Bonchev–Trinajstić information content (AvgIpc) is 3.50. The van der Waals surface area contributed by atoms with E-state index >= 15 is 0 Å². The first kappa shape index (κ1) is 15.1. The number of amides is 2. The normalized spacial score (nSPS) is 29.4. The van der Waals surface area contributed by atoms with Gasteiger partial charge in [-0.2, -0.15) is 0 Å². The molecule has 2 saturated carbocycles. The molecule has 0 bridgehead atoms. The molecule has 2 amide bonds. The summed E-state index contributed by atoms with van der Waals surface area (Å²) < 4.78 is 0. The van der Waals surface area contributed by atoms with Crippen LogP contribution in [0.15, 0.2) is 30.3 Å². The molecular formula is C18H22N2O2S. The molecule has 3 atom stereocenters. The predicted molar refractivity (Wildman–Crippen MR) is 91.0 cm³/mol. The quantitative estimate of drug-likeness (QED) is 0.900. The van der Waals surface area contributed by atoms with E-state index in [1.165, 1.54) is 18.4 Å². The Hall–Kier alpha value is -1.49.